The fraction of sp³-hybridized carbons (Fsp3) is 0.0952. The summed E-state index contributed by atoms with van der Waals surface area (Å²) in [4.78, 5) is 12.1. The van der Waals surface area contributed by atoms with E-state index in [0.29, 0.717) is 28.7 Å². The van der Waals surface area contributed by atoms with Crippen molar-refractivity contribution in [2.45, 2.75) is 11.7 Å². The summed E-state index contributed by atoms with van der Waals surface area (Å²) in [5, 5.41) is 11.0. The summed E-state index contributed by atoms with van der Waals surface area (Å²) < 4.78 is 19.4. The van der Waals surface area contributed by atoms with Crippen LogP contribution in [0.3, 0.4) is 0 Å². The number of furan rings is 1. The second kappa shape index (κ2) is 8.22. The third-order valence-corrected chi connectivity index (χ3v) is 5.21. The summed E-state index contributed by atoms with van der Waals surface area (Å²) >= 11 is 1.35. The third-order valence-electron chi connectivity index (χ3n) is 4.14. The van der Waals surface area contributed by atoms with E-state index in [0.717, 1.165) is 5.56 Å². The first-order chi connectivity index (χ1) is 13.7. The molecule has 2 heterocycles. The summed E-state index contributed by atoms with van der Waals surface area (Å²) in [5.74, 6) is 0.425. The van der Waals surface area contributed by atoms with E-state index in [-0.39, 0.29) is 17.0 Å². The Hall–Kier alpha value is -3.19. The number of rotatable bonds is 5. The molecule has 1 aromatic heterocycles. The quantitative estimate of drug-likeness (QED) is 0.521. The Morgan fingerprint density at radius 1 is 1.07 bits per heavy atom. The van der Waals surface area contributed by atoms with Crippen LogP contribution in [0, 0.1) is 5.82 Å². The molecule has 1 saturated heterocycles. The fourth-order valence-corrected chi connectivity index (χ4v) is 3.75. The highest BCUT2D eigenvalue weighted by Crippen LogP contribution is 2.25. The van der Waals surface area contributed by atoms with Gasteiger partial charge in [-0.2, -0.15) is 5.10 Å². The monoisotopic (exact) mass is 393 g/mol. The molecule has 1 fully saturated rings. The zero-order chi connectivity index (χ0) is 19.3. The molecule has 0 aliphatic carbocycles. The van der Waals surface area contributed by atoms with Gasteiger partial charge in [0.05, 0.1) is 17.0 Å². The van der Waals surface area contributed by atoms with E-state index in [1.54, 1.807) is 30.3 Å². The molecule has 1 aliphatic rings. The minimum Gasteiger partial charge on any atom is -0.455 e. The van der Waals surface area contributed by atoms with Crippen LogP contribution in [-0.2, 0) is 11.2 Å². The number of nitrogens with one attached hydrogen (secondary N) is 1. The average molecular weight is 393 g/mol. The summed E-state index contributed by atoms with van der Waals surface area (Å²) in [6, 6.07) is 19.6. The largest absolute Gasteiger partial charge is 0.455 e. The molecule has 1 unspecified atom stereocenters. The molecule has 4 rings (SSSR count). The summed E-state index contributed by atoms with van der Waals surface area (Å²) in [5.41, 5.74) is 1.48. The lowest BCUT2D eigenvalue weighted by molar-refractivity contribution is -0.118. The highest BCUT2D eigenvalue weighted by Gasteiger charge is 2.30. The molecule has 1 aliphatic heterocycles. The molecule has 0 bridgehead atoms. The van der Waals surface area contributed by atoms with E-state index in [4.69, 9.17) is 4.42 Å². The van der Waals surface area contributed by atoms with Crippen LogP contribution in [-0.4, -0.2) is 22.5 Å². The number of carbonyl (C=O) groups excluding carboxylic acids is 1. The number of hydrogen-bond acceptors (Lipinski definition) is 5. The van der Waals surface area contributed by atoms with Crippen molar-refractivity contribution in [1.29, 1.82) is 0 Å². The lowest BCUT2D eigenvalue weighted by Crippen LogP contribution is -2.25. The Labute approximate surface area is 165 Å². The predicted octanol–water partition coefficient (Wildman–Crippen LogP) is 4.25. The Kier molecular flexibility index (Phi) is 5.34. The molecule has 1 amide bonds. The molecule has 0 saturated carbocycles. The minimum absolute atomic E-state index is 0.0809. The normalized spacial score (nSPS) is 18.1. The number of thioether (sulfide) groups is 1. The van der Waals surface area contributed by atoms with Gasteiger partial charge < -0.3 is 9.73 Å². The topological polar surface area (TPSA) is 67.0 Å². The Morgan fingerprint density at radius 2 is 1.86 bits per heavy atom. The van der Waals surface area contributed by atoms with Crippen molar-refractivity contribution in [2.24, 2.45) is 10.2 Å². The van der Waals surface area contributed by atoms with Crippen LogP contribution in [0.4, 0.5) is 4.39 Å². The van der Waals surface area contributed by atoms with Gasteiger partial charge in [-0.25, -0.2) is 4.39 Å². The van der Waals surface area contributed by atoms with Crippen LogP contribution in [0.15, 0.2) is 81.4 Å². The van der Waals surface area contributed by atoms with Gasteiger partial charge in [-0.15, -0.1) is 5.10 Å². The Balaban J connectivity index is 1.40. The molecule has 1 N–H and O–H groups in total. The maximum absolute atomic E-state index is 13.8. The zero-order valence-corrected chi connectivity index (χ0v) is 15.5. The minimum atomic E-state index is -0.352. The van der Waals surface area contributed by atoms with Crippen molar-refractivity contribution >= 4 is 29.1 Å². The first-order valence-electron chi connectivity index (χ1n) is 8.66. The average Bonchev–Trinajstić information content (AvgIpc) is 3.30. The smallest absolute Gasteiger partial charge is 0.239 e. The molecule has 1 atom stereocenters. The van der Waals surface area contributed by atoms with Crippen LogP contribution < -0.4 is 5.32 Å². The molecular weight excluding hydrogens is 377 g/mol. The molecule has 3 aromatic rings. The molecule has 0 spiro atoms. The van der Waals surface area contributed by atoms with Gasteiger partial charge in [0, 0.05) is 0 Å². The van der Waals surface area contributed by atoms with Crippen LogP contribution in [0.1, 0.15) is 11.3 Å². The first-order valence-corrected chi connectivity index (χ1v) is 9.54. The van der Waals surface area contributed by atoms with Crippen LogP contribution in [0.25, 0.3) is 11.3 Å². The highest BCUT2D eigenvalue weighted by molar-refractivity contribution is 8.15. The summed E-state index contributed by atoms with van der Waals surface area (Å²) in [6.45, 7) is 0. The number of carbonyl (C=O) groups is 1. The summed E-state index contributed by atoms with van der Waals surface area (Å²) in [6.07, 6.45) is 2.05. The van der Waals surface area contributed by atoms with Crippen molar-refractivity contribution in [3.8, 4) is 11.3 Å². The van der Waals surface area contributed by atoms with Gasteiger partial charge in [-0.1, -0.05) is 54.2 Å². The van der Waals surface area contributed by atoms with Crippen LogP contribution in [0.2, 0.25) is 0 Å². The first kappa shape index (κ1) is 18.2. The molecule has 140 valence electrons. The van der Waals surface area contributed by atoms with E-state index >= 15 is 0 Å². The van der Waals surface area contributed by atoms with Crippen molar-refractivity contribution in [2.75, 3.05) is 0 Å². The van der Waals surface area contributed by atoms with E-state index in [2.05, 4.69) is 15.5 Å². The van der Waals surface area contributed by atoms with Gasteiger partial charge in [0.2, 0.25) is 5.91 Å². The standard InChI is InChI=1S/C21H16FN3O2S/c22-17-9-5-4-8-16(17)18-11-10-15(27-18)13-23-25-21-24-20(26)19(28-21)12-14-6-2-1-3-7-14/h1-11,13,19H,12H2,(H,24,25,26). The fourth-order valence-electron chi connectivity index (χ4n) is 2.78. The van der Waals surface area contributed by atoms with Crippen molar-refractivity contribution < 1.29 is 13.6 Å². The number of benzene rings is 2. The number of amidine groups is 1. The predicted molar refractivity (Wildman–Crippen MR) is 109 cm³/mol. The van der Waals surface area contributed by atoms with E-state index < -0.39 is 0 Å². The number of halogens is 1. The number of hydrogen-bond donors (Lipinski definition) is 1. The van der Waals surface area contributed by atoms with Gasteiger partial charge in [-0.05, 0) is 36.2 Å². The Morgan fingerprint density at radius 3 is 2.68 bits per heavy atom. The third kappa shape index (κ3) is 4.20. The van der Waals surface area contributed by atoms with Crippen molar-refractivity contribution in [3.63, 3.8) is 0 Å². The molecule has 7 heteroatoms. The van der Waals surface area contributed by atoms with Crippen LogP contribution in [0.5, 0.6) is 0 Å². The van der Waals surface area contributed by atoms with Gasteiger partial charge in [-0.3, -0.25) is 4.79 Å². The van der Waals surface area contributed by atoms with E-state index in [1.165, 1.54) is 24.0 Å². The number of amides is 1. The SMILES string of the molecule is O=C1N/C(=N\N=Cc2ccc(-c3ccccc3F)o2)SC1Cc1ccccc1. The molecule has 28 heavy (non-hydrogen) atoms. The highest BCUT2D eigenvalue weighted by atomic mass is 32.2. The molecule has 5 nitrogen and oxygen atoms in total. The van der Waals surface area contributed by atoms with Crippen LogP contribution >= 0.6 is 11.8 Å². The van der Waals surface area contributed by atoms with Gasteiger partial charge in [0.1, 0.15) is 17.3 Å². The van der Waals surface area contributed by atoms with E-state index in [1.807, 2.05) is 30.3 Å². The molecule has 2 aromatic carbocycles. The Bertz CT molecular complexity index is 1050. The van der Waals surface area contributed by atoms with E-state index in [9.17, 15) is 9.18 Å². The second-order valence-corrected chi connectivity index (χ2v) is 7.31. The van der Waals surface area contributed by atoms with Crippen molar-refractivity contribution in [1.82, 2.24) is 5.32 Å². The maximum Gasteiger partial charge on any atom is 0.239 e. The van der Waals surface area contributed by atoms with Crippen molar-refractivity contribution in [3.05, 3.63) is 83.9 Å². The zero-order valence-electron chi connectivity index (χ0n) is 14.7. The molecule has 0 radical (unpaired) electrons. The van der Waals surface area contributed by atoms with Gasteiger partial charge >= 0.3 is 0 Å². The second-order valence-electron chi connectivity index (χ2n) is 6.12. The lowest BCUT2D eigenvalue weighted by atomic mass is 10.1. The molecular formula is C21H16FN3O2S. The van der Waals surface area contributed by atoms with Gasteiger partial charge in [0.25, 0.3) is 0 Å². The van der Waals surface area contributed by atoms with Gasteiger partial charge in [0.15, 0.2) is 5.17 Å². The lowest BCUT2D eigenvalue weighted by Gasteiger charge is -2.04. The number of nitrogens with zero attached hydrogens (tertiary/aromatic N) is 2. The summed E-state index contributed by atoms with van der Waals surface area (Å²) in [7, 11) is 0. The maximum atomic E-state index is 13.8.